The SMILES string of the molecule is CO[C@H]1/C=C/O[C@@]2(C)Oc3c(C)c(O)c4c(=O)c(c5sc6cc(N7CCN(C(=O)OCc8ccc(NC(=O)[C@H](CCCNC(N)=O)NC(=O)C(NC(=O)CCCCCN9C(=O)C=CC9=O)C(C)C)cc8)CC7)cc(=O)c6nc5c4c3=C2O)NC(=O)/C(C)=C\C=C\[C@H](C)C[C@@H](C)[C@@H](O)[C@@H](C)[C@H](O)[C@@H]1C. The lowest BCUT2D eigenvalue weighted by Gasteiger charge is -2.35. The molecule has 1 unspecified atom stereocenters. The standard InChI is InChI=1S/C74H92N10O18S/c1-38(2)58(79-52(86)19-12-11-13-28-84-53(87)24-25-54(84)88)71(96)78-48(18-15-27-76-72(75)97)70(95)77-46-22-20-45(21-23-46)37-100-73(98)83-31-29-82(30-32-83)47-35-49(85)59-51(36-47)103-67-60(80-59)55-56-64(91)44(8)66-57(55)68(93)74(9,102-66)101-33-26-50(99-10)42(6)63(90)43(7)62(89)41(5)34-39(3)16-14-17-40(4)69(94)81-61(67)65(56)92/h14,16-17,20-26,33,35-36,38-39,41-43,48,50,58,62-63,89-91,93H,11-13,15,18-19,27-32,34,37H2,1-10H3,(H,77,95)(H,78,96)(H,79,86)(H,81,94)(H3,75,76,97)/b16-14+,33-26+,40-17-/t39-,41+,42+,43+,48-,50-,58?,62+,63+,74-/m0/s1. The predicted octanol–water partition coefficient (Wildman–Crippen LogP) is 6.44. The Balaban J connectivity index is 0.894. The first-order chi connectivity index (χ1) is 48.9. The minimum Gasteiger partial charge on any atom is -0.507 e. The molecule has 0 aliphatic carbocycles. The summed E-state index contributed by atoms with van der Waals surface area (Å²) in [4.78, 5) is 143. The van der Waals surface area contributed by atoms with E-state index in [0.29, 0.717) is 47.3 Å². The van der Waals surface area contributed by atoms with Gasteiger partial charge < -0.3 is 81.5 Å². The number of amides is 9. The normalized spacial score (nSPS) is 23.6. The molecule has 1 saturated heterocycles. The Bertz CT molecular complexity index is 4400. The van der Waals surface area contributed by atoms with E-state index in [-0.39, 0.29) is 149 Å². The van der Waals surface area contributed by atoms with Gasteiger partial charge in [-0.05, 0) is 93.5 Å². The second kappa shape index (κ2) is 33.4. The molecule has 29 heteroatoms. The average Bonchev–Trinajstić information content (AvgIpc) is 1.65. The van der Waals surface area contributed by atoms with E-state index < -0.39 is 106 Å². The molecule has 9 amide bonds. The van der Waals surface area contributed by atoms with Crippen LogP contribution in [0.15, 0.2) is 94.3 Å². The number of hydrogen-bond acceptors (Lipinski definition) is 21. The van der Waals surface area contributed by atoms with Crippen LogP contribution in [-0.2, 0) is 49.6 Å². The molecular formula is C74H92N10O18S. The summed E-state index contributed by atoms with van der Waals surface area (Å²) in [6.07, 6.45) is 9.58. The molecule has 1 aromatic heterocycles. The number of imide groups is 1. The molecule has 4 aliphatic rings. The number of hydrogen-bond donors (Lipinski definition) is 10. The number of rotatable bonds is 20. The predicted molar refractivity (Wildman–Crippen MR) is 389 cm³/mol. The van der Waals surface area contributed by atoms with E-state index >= 15 is 4.79 Å². The zero-order chi connectivity index (χ0) is 74.9. The van der Waals surface area contributed by atoms with E-state index in [1.54, 1.807) is 77.1 Å². The summed E-state index contributed by atoms with van der Waals surface area (Å²) in [5.74, 6) is -7.90. The number of phenolic OH excluding ortho intramolecular Hbond substituents is 1. The summed E-state index contributed by atoms with van der Waals surface area (Å²) >= 11 is 0.988. The zero-order valence-electron chi connectivity index (χ0n) is 59.5. The molecule has 103 heavy (non-hydrogen) atoms. The Labute approximate surface area is 599 Å². The van der Waals surface area contributed by atoms with Crippen molar-refractivity contribution in [3.63, 3.8) is 0 Å². The van der Waals surface area contributed by atoms with Crippen molar-refractivity contribution in [2.45, 2.75) is 150 Å². The second-order valence-electron chi connectivity index (χ2n) is 27.4. The number of aliphatic hydroxyl groups excluding tert-OH is 3. The molecule has 1 fully saturated rings. The number of aromatic nitrogens is 1. The lowest BCUT2D eigenvalue weighted by Crippen LogP contribution is -2.54. The number of ether oxygens (including phenoxy) is 4. The first kappa shape index (κ1) is 77.2. The number of aromatic hydroxyl groups is 1. The third-order valence-electron chi connectivity index (χ3n) is 19.4. The molecular weight excluding hydrogens is 1350 g/mol. The third kappa shape index (κ3) is 17.7. The minimum absolute atomic E-state index is 0.0205. The number of nitrogens with zero attached hydrogens (tertiary/aromatic N) is 4. The van der Waals surface area contributed by atoms with Gasteiger partial charge in [0.05, 0.1) is 50.1 Å². The first-order valence-corrected chi connectivity index (χ1v) is 35.4. The number of anilines is 3. The number of phenols is 1. The highest BCUT2D eigenvalue weighted by Gasteiger charge is 2.44. The van der Waals surface area contributed by atoms with E-state index in [1.807, 2.05) is 24.8 Å². The van der Waals surface area contributed by atoms with Crippen LogP contribution in [0.1, 0.15) is 111 Å². The Morgan fingerprint density at radius 3 is 2.22 bits per heavy atom. The third-order valence-corrected chi connectivity index (χ3v) is 20.6. The molecule has 9 rings (SSSR count). The molecule has 552 valence electrons. The van der Waals surface area contributed by atoms with E-state index in [4.69, 9.17) is 29.7 Å². The summed E-state index contributed by atoms with van der Waals surface area (Å²) < 4.78 is 24.4. The summed E-state index contributed by atoms with van der Waals surface area (Å²) in [5, 5.41) is 60.5. The number of urea groups is 1. The van der Waals surface area contributed by atoms with Crippen LogP contribution in [-0.4, -0.2) is 165 Å². The van der Waals surface area contributed by atoms with Crippen LogP contribution >= 0.6 is 11.3 Å². The smallest absolute Gasteiger partial charge is 0.410 e. The van der Waals surface area contributed by atoms with Gasteiger partial charge in [0.1, 0.15) is 41.4 Å². The molecule has 4 bridgehead atoms. The highest BCUT2D eigenvalue weighted by Crippen LogP contribution is 2.43. The van der Waals surface area contributed by atoms with Crippen molar-refractivity contribution in [3.8, 4) is 11.5 Å². The molecule has 4 aliphatic heterocycles. The monoisotopic (exact) mass is 1440 g/mol. The number of fused-ring (bicyclic) bond motifs is 2. The summed E-state index contributed by atoms with van der Waals surface area (Å²) in [5.41, 5.74) is 5.28. The van der Waals surface area contributed by atoms with E-state index in [1.165, 1.54) is 56.4 Å². The lowest BCUT2D eigenvalue weighted by molar-refractivity contribution is -0.137. The van der Waals surface area contributed by atoms with Crippen LogP contribution in [0, 0.1) is 36.5 Å². The Kier molecular flexibility index (Phi) is 25.1. The van der Waals surface area contributed by atoms with Crippen molar-refractivity contribution < 1.29 is 77.7 Å². The number of primary amides is 1. The van der Waals surface area contributed by atoms with Crippen LogP contribution in [0.25, 0.3) is 37.0 Å². The maximum Gasteiger partial charge on any atom is 0.410 e. The lowest BCUT2D eigenvalue weighted by atomic mass is 9.80. The van der Waals surface area contributed by atoms with Gasteiger partial charge in [-0.3, -0.25) is 43.3 Å². The summed E-state index contributed by atoms with van der Waals surface area (Å²) in [6.45, 7) is 16.5. The van der Waals surface area contributed by atoms with E-state index in [0.717, 1.165) is 16.2 Å². The summed E-state index contributed by atoms with van der Waals surface area (Å²) in [6, 6.07) is 6.76. The van der Waals surface area contributed by atoms with E-state index in [2.05, 4.69) is 26.6 Å². The second-order valence-corrected chi connectivity index (χ2v) is 28.5. The van der Waals surface area contributed by atoms with Crippen LogP contribution in [0.2, 0.25) is 0 Å². The van der Waals surface area contributed by atoms with Gasteiger partial charge in [-0.15, -0.1) is 11.3 Å². The fourth-order valence-corrected chi connectivity index (χ4v) is 14.4. The molecule has 4 aromatic carbocycles. The van der Waals surface area contributed by atoms with Gasteiger partial charge in [-0.25, -0.2) is 14.6 Å². The highest BCUT2D eigenvalue weighted by atomic mass is 32.1. The zero-order valence-corrected chi connectivity index (χ0v) is 60.3. The molecule has 11 N–H and O–H groups in total. The number of aliphatic hydroxyl groups is 3. The Morgan fingerprint density at radius 1 is 0.854 bits per heavy atom. The van der Waals surface area contributed by atoms with Crippen molar-refractivity contribution in [3.05, 3.63) is 121 Å². The van der Waals surface area contributed by atoms with Crippen LogP contribution in [0.3, 0.4) is 0 Å². The van der Waals surface area contributed by atoms with Crippen molar-refractivity contribution in [2.75, 3.05) is 61.9 Å². The largest absolute Gasteiger partial charge is 0.507 e. The van der Waals surface area contributed by atoms with Gasteiger partial charge in [0.15, 0.2) is 5.76 Å². The number of methoxy groups -OCH3 is 1. The van der Waals surface area contributed by atoms with Crippen molar-refractivity contribution in [1.82, 2.24) is 30.7 Å². The first-order valence-electron chi connectivity index (χ1n) is 34.6. The number of nitrogens with two attached hydrogens (primary N) is 1. The van der Waals surface area contributed by atoms with Crippen LogP contribution < -0.4 is 58.0 Å². The fraction of sp³-hybridized carbons (Fsp3) is 0.473. The number of carbonyl (C=O) groups is 8. The van der Waals surface area contributed by atoms with Gasteiger partial charge in [0, 0.05) is 118 Å². The Morgan fingerprint density at radius 2 is 1.55 bits per heavy atom. The molecule has 10 atom stereocenters. The van der Waals surface area contributed by atoms with Gasteiger partial charge in [0.25, 0.3) is 17.7 Å². The van der Waals surface area contributed by atoms with Crippen molar-refractivity contribution in [2.24, 2.45) is 35.3 Å². The highest BCUT2D eigenvalue weighted by molar-refractivity contribution is 7.25. The summed E-state index contributed by atoms with van der Waals surface area (Å²) in [7, 11) is 1.46. The van der Waals surface area contributed by atoms with Gasteiger partial charge in [0.2, 0.25) is 28.6 Å². The topological polar surface area (TPSA) is 397 Å². The number of nitrogens with one attached hydrogen (secondary N) is 5. The fourth-order valence-electron chi connectivity index (χ4n) is 13.2. The van der Waals surface area contributed by atoms with Crippen molar-refractivity contribution >= 4 is 113 Å². The molecule has 28 nitrogen and oxygen atoms in total. The number of carbonyl (C=O) groups excluding carboxylic acids is 8. The minimum atomic E-state index is -1.98. The van der Waals surface area contributed by atoms with Crippen LogP contribution in [0.4, 0.5) is 26.7 Å². The molecule has 0 spiro atoms. The van der Waals surface area contributed by atoms with Gasteiger partial charge in [-0.2, -0.15) is 0 Å². The van der Waals surface area contributed by atoms with Crippen molar-refractivity contribution in [1.29, 1.82) is 0 Å². The van der Waals surface area contributed by atoms with Gasteiger partial charge in [-0.1, -0.05) is 78.3 Å². The number of benzene rings is 4. The maximum atomic E-state index is 15.2. The number of unbranched alkanes of at least 4 members (excludes halogenated alkanes) is 2. The Hall–Kier alpha value is -9.97. The average molecular weight is 1440 g/mol. The van der Waals surface area contributed by atoms with E-state index in [9.17, 15) is 63.6 Å². The quantitative estimate of drug-likeness (QED) is 0.0173. The maximum absolute atomic E-state index is 15.2. The number of allylic oxidation sites excluding steroid dienone is 3. The molecule has 0 saturated carbocycles. The van der Waals surface area contributed by atoms with Gasteiger partial charge >= 0.3 is 17.9 Å². The number of piperazine rings is 1. The molecule has 5 aromatic rings. The molecule has 5 heterocycles. The molecule has 0 radical (unpaired) electrons. The van der Waals surface area contributed by atoms with Crippen LogP contribution in [0.5, 0.6) is 11.5 Å².